The van der Waals surface area contributed by atoms with Crippen LogP contribution in [0.25, 0.3) is 0 Å². The van der Waals surface area contributed by atoms with Crippen molar-refractivity contribution in [2.45, 2.75) is 6.92 Å². The zero-order chi connectivity index (χ0) is 13.3. The number of rotatable bonds is 2. The van der Waals surface area contributed by atoms with Crippen LogP contribution in [-0.2, 0) is 0 Å². The van der Waals surface area contributed by atoms with Gasteiger partial charge in [0.25, 0.3) is 0 Å². The molecule has 0 atom stereocenters. The molecule has 1 heterocycles. The maximum Gasteiger partial charge on any atom is 0.234 e. The number of aromatic nitrogens is 1. The van der Waals surface area contributed by atoms with Gasteiger partial charge in [0.15, 0.2) is 11.6 Å². The Morgan fingerprint density at radius 3 is 2.78 bits per heavy atom. The highest BCUT2D eigenvalue weighted by atomic mass is 79.9. The van der Waals surface area contributed by atoms with E-state index >= 15 is 0 Å². The highest BCUT2D eigenvalue weighted by Crippen LogP contribution is 2.33. The maximum atomic E-state index is 13.4. The minimum absolute atomic E-state index is 0.131. The minimum Gasteiger partial charge on any atom is -0.435 e. The fourth-order valence-electron chi connectivity index (χ4n) is 1.31. The number of nitrogens with two attached hydrogens (primary N) is 1. The van der Waals surface area contributed by atoms with E-state index in [1.807, 2.05) is 0 Å². The number of ether oxygens (including phenoxy) is 1. The topological polar surface area (TPSA) is 48.1 Å². The quantitative estimate of drug-likeness (QED) is 0.917. The molecule has 3 nitrogen and oxygen atoms in total. The van der Waals surface area contributed by atoms with Crippen molar-refractivity contribution < 1.29 is 13.5 Å². The van der Waals surface area contributed by atoms with Crippen LogP contribution in [0.15, 0.2) is 28.9 Å². The molecule has 0 spiro atoms. The third-order valence-corrected chi connectivity index (χ3v) is 3.33. The molecule has 0 amide bonds. The molecule has 0 aliphatic carbocycles. The number of nitrogen functional groups attached to an aromatic ring is 1. The average Bonchev–Trinajstić information content (AvgIpc) is 2.35. The number of halogens is 3. The van der Waals surface area contributed by atoms with E-state index in [4.69, 9.17) is 10.5 Å². The summed E-state index contributed by atoms with van der Waals surface area (Å²) >= 11 is 3.25. The molecular formula is C12H9BrF2N2O. The van der Waals surface area contributed by atoms with Gasteiger partial charge in [-0.3, -0.25) is 0 Å². The largest absolute Gasteiger partial charge is 0.435 e. The van der Waals surface area contributed by atoms with E-state index in [0.29, 0.717) is 10.2 Å². The second kappa shape index (κ2) is 4.89. The molecule has 0 aliphatic heterocycles. The molecule has 0 saturated carbocycles. The van der Waals surface area contributed by atoms with Crippen LogP contribution in [0.5, 0.6) is 11.6 Å². The van der Waals surface area contributed by atoms with Crippen LogP contribution in [0.3, 0.4) is 0 Å². The summed E-state index contributed by atoms with van der Waals surface area (Å²) in [6.07, 6.45) is 1.40. The SMILES string of the molecule is Cc1c(N)cnc(Oc2cccc(F)c2F)c1Br. The predicted molar refractivity (Wildman–Crippen MR) is 67.5 cm³/mol. The second-order valence-corrected chi connectivity index (χ2v) is 4.40. The lowest BCUT2D eigenvalue weighted by molar-refractivity contribution is 0.403. The van der Waals surface area contributed by atoms with Crippen molar-refractivity contribution in [3.05, 3.63) is 46.1 Å². The first-order chi connectivity index (χ1) is 8.50. The summed E-state index contributed by atoms with van der Waals surface area (Å²) in [7, 11) is 0. The predicted octanol–water partition coefficient (Wildman–Crippen LogP) is 3.81. The minimum atomic E-state index is -1.05. The molecule has 1 aromatic heterocycles. The summed E-state index contributed by atoms with van der Waals surface area (Å²) < 4.78 is 32.2. The lowest BCUT2D eigenvalue weighted by atomic mass is 10.2. The van der Waals surface area contributed by atoms with Gasteiger partial charge in [-0.25, -0.2) is 9.37 Å². The lowest BCUT2D eigenvalue weighted by Crippen LogP contribution is -1.98. The van der Waals surface area contributed by atoms with Crippen molar-refractivity contribution in [1.82, 2.24) is 4.98 Å². The van der Waals surface area contributed by atoms with Gasteiger partial charge >= 0.3 is 0 Å². The van der Waals surface area contributed by atoms with Gasteiger partial charge in [-0.1, -0.05) is 6.07 Å². The summed E-state index contributed by atoms with van der Waals surface area (Å²) in [5.41, 5.74) is 6.85. The summed E-state index contributed by atoms with van der Waals surface area (Å²) in [4.78, 5) is 3.92. The van der Waals surface area contributed by atoms with E-state index in [2.05, 4.69) is 20.9 Å². The van der Waals surface area contributed by atoms with E-state index in [-0.39, 0.29) is 11.6 Å². The number of benzene rings is 1. The Labute approximate surface area is 111 Å². The van der Waals surface area contributed by atoms with Gasteiger partial charge < -0.3 is 10.5 Å². The molecule has 94 valence electrons. The molecule has 0 radical (unpaired) electrons. The van der Waals surface area contributed by atoms with Gasteiger partial charge in [-0.05, 0) is 40.5 Å². The third kappa shape index (κ3) is 2.28. The van der Waals surface area contributed by atoms with E-state index in [0.717, 1.165) is 11.6 Å². The van der Waals surface area contributed by atoms with Crippen molar-refractivity contribution in [2.75, 3.05) is 5.73 Å². The van der Waals surface area contributed by atoms with Gasteiger partial charge in [0, 0.05) is 0 Å². The lowest BCUT2D eigenvalue weighted by Gasteiger charge is -2.10. The first-order valence-electron chi connectivity index (χ1n) is 5.03. The molecular weight excluding hydrogens is 306 g/mol. The summed E-state index contributed by atoms with van der Waals surface area (Å²) in [6.45, 7) is 1.76. The molecule has 2 aromatic rings. The van der Waals surface area contributed by atoms with Gasteiger partial charge in [-0.15, -0.1) is 0 Å². The number of pyridine rings is 1. The molecule has 6 heteroatoms. The Balaban J connectivity index is 2.41. The van der Waals surface area contributed by atoms with Crippen LogP contribution >= 0.6 is 15.9 Å². The molecule has 0 aliphatic rings. The Kier molecular flexibility index (Phi) is 3.47. The molecule has 0 unspecified atom stereocenters. The highest BCUT2D eigenvalue weighted by molar-refractivity contribution is 9.10. The number of hydrogen-bond acceptors (Lipinski definition) is 3. The fraction of sp³-hybridized carbons (Fsp3) is 0.0833. The summed E-state index contributed by atoms with van der Waals surface area (Å²) in [5, 5.41) is 0. The van der Waals surface area contributed by atoms with Crippen molar-refractivity contribution >= 4 is 21.6 Å². The summed E-state index contributed by atoms with van der Waals surface area (Å²) in [5.74, 6) is -2.13. The van der Waals surface area contributed by atoms with E-state index in [1.54, 1.807) is 6.92 Å². The molecule has 2 N–H and O–H groups in total. The molecule has 18 heavy (non-hydrogen) atoms. The molecule has 1 aromatic carbocycles. The molecule has 0 fully saturated rings. The number of hydrogen-bond donors (Lipinski definition) is 1. The standard InChI is InChI=1S/C12H9BrF2N2O/c1-6-8(16)5-17-12(10(6)13)18-9-4-2-3-7(14)11(9)15/h2-5H,16H2,1H3. The third-order valence-electron chi connectivity index (χ3n) is 2.39. The van der Waals surface area contributed by atoms with Crippen LogP contribution < -0.4 is 10.5 Å². The first kappa shape index (κ1) is 12.8. The maximum absolute atomic E-state index is 13.4. The van der Waals surface area contributed by atoms with E-state index in [9.17, 15) is 8.78 Å². The monoisotopic (exact) mass is 314 g/mol. The van der Waals surface area contributed by atoms with Crippen LogP contribution in [0.1, 0.15) is 5.56 Å². The fourth-order valence-corrected chi connectivity index (χ4v) is 1.72. The van der Waals surface area contributed by atoms with Crippen LogP contribution in [-0.4, -0.2) is 4.98 Å². The molecule has 0 bridgehead atoms. The highest BCUT2D eigenvalue weighted by Gasteiger charge is 2.14. The van der Waals surface area contributed by atoms with Crippen LogP contribution in [0.4, 0.5) is 14.5 Å². The van der Waals surface area contributed by atoms with Gasteiger partial charge in [0.2, 0.25) is 11.7 Å². The Hall–Kier alpha value is -1.69. The average molecular weight is 315 g/mol. The molecule has 0 saturated heterocycles. The Bertz CT molecular complexity index is 605. The van der Waals surface area contributed by atoms with Crippen molar-refractivity contribution in [3.63, 3.8) is 0 Å². The van der Waals surface area contributed by atoms with E-state index < -0.39 is 11.6 Å². The van der Waals surface area contributed by atoms with Crippen LogP contribution in [0, 0.1) is 18.6 Å². The van der Waals surface area contributed by atoms with Crippen LogP contribution in [0.2, 0.25) is 0 Å². The molecule has 2 rings (SSSR count). The summed E-state index contributed by atoms with van der Waals surface area (Å²) in [6, 6.07) is 3.68. The van der Waals surface area contributed by atoms with Gasteiger partial charge in [-0.2, -0.15) is 4.39 Å². The normalized spacial score (nSPS) is 10.4. The van der Waals surface area contributed by atoms with E-state index in [1.165, 1.54) is 18.3 Å². The van der Waals surface area contributed by atoms with Gasteiger partial charge in [0.1, 0.15) is 0 Å². The first-order valence-corrected chi connectivity index (χ1v) is 5.82. The van der Waals surface area contributed by atoms with Crippen molar-refractivity contribution in [3.8, 4) is 11.6 Å². The Morgan fingerprint density at radius 1 is 1.33 bits per heavy atom. The number of anilines is 1. The van der Waals surface area contributed by atoms with Crippen molar-refractivity contribution in [2.24, 2.45) is 0 Å². The van der Waals surface area contributed by atoms with Crippen molar-refractivity contribution in [1.29, 1.82) is 0 Å². The Morgan fingerprint density at radius 2 is 2.06 bits per heavy atom. The zero-order valence-electron chi connectivity index (χ0n) is 9.38. The smallest absolute Gasteiger partial charge is 0.234 e. The zero-order valence-corrected chi connectivity index (χ0v) is 11.0. The number of nitrogens with zero attached hydrogens (tertiary/aromatic N) is 1. The van der Waals surface area contributed by atoms with Gasteiger partial charge in [0.05, 0.1) is 16.4 Å². The second-order valence-electron chi connectivity index (χ2n) is 3.61.